The number of rotatable bonds is 5. The number of hydrogen-bond acceptors (Lipinski definition) is 3. The molecule has 0 aliphatic heterocycles. The summed E-state index contributed by atoms with van der Waals surface area (Å²) in [6.45, 7) is 8.60. The number of allylic oxidation sites excluding steroid dienone is 2. The monoisotopic (exact) mass is 251 g/mol. The Balaban J connectivity index is 2.60. The van der Waals surface area contributed by atoms with Crippen molar-refractivity contribution in [3.05, 3.63) is 23.8 Å². The molecule has 0 bridgehead atoms. The summed E-state index contributed by atoms with van der Waals surface area (Å²) in [5.74, 6) is -0.183. The molecule has 0 amide bonds. The van der Waals surface area contributed by atoms with Crippen molar-refractivity contribution < 1.29 is 9.53 Å². The minimum absolute atomic E-state index is 0.183. The molecule has 0 aromatic heterocycles. The third-order valence-electron chi connectivity index (χ3n) is 4.15. The smallest absolute Gasteiger partial charge is 0.312 e. The molecule has 0 radical (unpaired) electrons. The maximum atomic E-state index is 12.2. The average molecular weight is 251 g/mol. The minimum Gasteiger partial charge on any atom is -0.460 e. The van der Waals surface area contributed by atoms with Crippen molar-refractivity contribution in [2.75, 3.05) is 13.2 Å². The molecular formula is C15H25NO2. The zero-order valence-electron chi connectivity index (χ0n) is 12.0. The van der Waals surface area contributed by atoms with Crippen molar-refractivity contribution in [1.29, 1.82) is 0 Å². The van der Waals surface area contributed by atoms with Gasteiger partial charge in [0, 0.05) is 0 Å². The van der Waals surface area contributed by atoms with Crippen LogP contribution in [0.2, 0.25) is 0 Å². The van der Waals surface area contributed by atoms with Crippen molar-refractivity contribution in [1.82, 2.24) is 0 Å². The first-order valence-electron chi connectivity index (χ1n) is 6.54. The molecule has 2 N–H and O–H groups in total. The second-order valence-electron chi connectivity index (χ2n) is 6.05. The Hall–Kier alpha value is -1.09. The molecule has 1 aliphatic rings. The predicted molar refractivity (Wildman–Crippen MR) is 74.0 cm³/mol. The fourth-order valence-electron chi connectivity index (χ4n) is 1.64. The zero-order chi connectivity index (χ0) is 13.8. The molecule has 3 heteroatoms. The SMILES string of the molecule is CC(C)(CN)C(C)(C)C(=O)OCC1=CCCC=C1. The van der Waals surface area contributed by atoms with Gasteiger partial charge in [0.1, 0.15) is 6.61 Å². The van der Waals surface area contributed by atoms with Gasteiger partial charge in [-0.2, -0.15) is 0 Å². The first kappa shape index (κ1) is 15.0. The van der Waals surface area contributed by atoms with Crippen LogP contribution < -0.4 is 5.73 Å². The Morgan fingerprint density at radius 1 is 1.33 bits per heavy atom. The van der Waals surface area contributed by atoms with Crippen molar-refractivity contribution in [3.63, 3.8) is 0 Å². The van der Waals surface area contributed by atoms with E-state index >= 15 is 0 Å². The predicted octanol–water partition coefficient (Wildman–Crippen LogP) is 2.82. The van der Waals surface area contributed by atoms with Crippen LogP contribution in [0.1, 0.15) is 40.5 Å². The van der Waals surface area contributed by atoms with Crippen molar-refractivity contribution >= 4 is 5.97 Å². The van der Waals surface area contributed by atoms with Crippen LogP contribution in [0, 0.1) is 10.8 Å². The summed E-state index contributed by atoms with van der Waals surface area (Å²) in [5.41, 5.74) is 5.96. The highest BCUT2D eigenvalue weighted by molar-refractivity contribution is 5.77. The molecule has 0 aromatic carbocycles. The Kier molecular flexibility index (Phi) is 4.74. The number of nitrogens with two attached hydrogens (primary N) is 1. The second-order valence-corrected chi connectivity index (χ2v) is 6.05. The van der Waals surface area contributed by atoms with Gasteiger partial charge in [0.05, 0.1) is 5.41 Å². The highest BCUT2D eigenvalue weighted by atomic mass is 16.5. The molecule has 0 spiro atoms. The fraction of sp³-hybridized carbons (Fsp3) is 0.667. The summed E-state index contributed by atoms with van der Waals surface area (Å²) < 4.78 is 5.42. The first-order valence-corrected chi connectivity index (χ1v) is 6.54. The van der Waals surface area contributed by atoms with E-state index < -0.39 is 5.41 Å². The zero-order valence-corrected chi connectivity index (χ0v) is 12.0. The average Bonchev–Trinajstić information content (AvgIpc) is 2.36. The maximum absolute atomic E-state index is 12.2. The lowest BCUT2D eigenvalue weighted by atomic mass is 9.68. The topological polar surface area (TPSA) is 52.3 Å². The van der Waals surface area contributed by atoms with E-state index in [4.69, 9.17) is 10.5 Å². The normalized spacial score (nSPS) is 16.4. The van der Waals surface area contributed by atoms with Gasteiger partial charge in [-0.25, -0.2) is 0 Å². The van der Waals surface area contributed by atoms with Crippen molar-refractivity contribution in [3.8, 4) is 0 Å². The molecule has 3 nitrogen and oxygen atoms in total. The van der Waals surface area contributed by atoms with E-state index in [1.54, 1.807) is 0 Å². The maximum Gasteiger partial charge on any atom is 0.312 e. The molecule has 1 aliphatic carbocycles. The first-order chi connectivity index (χ1) is 8.31. The Bertz CT molecular complexity index is 365. The molecule has 0 saturated carbocycles. The van der Waals surface area contributed by atoms with Crippen LogP contribution in [0.5, 0.6) is 0 Å². The van der Waals surface area contributed by atoms with Gasteiger partial charge in [-0.1, -0.05) is 32.1 Å². The van der Waals surface area contributed by atoms with Gasteiger partial charge in [0.15, 0.2) is 0 Å². The summed E-state index contributed by atoms with van der Waals surface area (Å²) >= 11 is 0. The highest BCUT2D eigenvalue weighted by Crippen LogP contribution is 2.38. The number of esters is 1. The standard InChI is InChI=1S/C15H25NO2/c1-14(2,11-16)15(3,4)13(17)18-10-12-8-6-5-7-9-12/h6,8-9H,5,7,10-11,16H2,1-4H3. The van der Waals surface area contributed by atoms with Crippen molar-refractivity contribution in [2.45, 2.75) is 40.5 Å². The third-order valence-corrected chi connectivity index (χ3v) is 4.15. The molecule has 18 heavy (non-hydrogen) atoms. The number of carbonyl (C=O) groups is 1. The Labute approximate surface area is 110 Å². The van der Waals surface area contributed by atoms with Gasteiger partial charge >= 0.3 is 5.97 Å². The van der Waals surface area contributed by atoms with Crippen LogP contribution >= 0.6 is 0 Å². The van der Waals surface area contributed by atoms with E-state index in [2.05, 4.69) is 12.2 Å². The van der Waals surface area contributed by atoms with Crippen LogP contribution in [0.25, 0.3) is 0 Å². The van der Waals surface area contributed by atoms with Crippen LogP contribution in [-0.2, 0) is 9.53 Å². The summed E-state index contributed by atoms with van der Waals surface area (Å²) in [6, 6.07) is 0. The quantitative estimate of drug-likeness (QED) is 0.764. The molecule has 0 unspecified atom stereocenters. The van der Waals surface area contributed by atoms with E-state index in [1.807, 2.05) is 33.8 Å². The van der Waals surface area contributed by atoms with Crippen molar-refractivity contribution in [2.24, 2.45) is 16.6 Å². The molecule has 0 fully saturated rings. The second kappa shape index (κ2) is 5.70. The van der Waals surface area contributed by atoms with Crippen LogP contribution in [0.4, 0.5) is 0 Å². The molecule has 1 rings (SSSR count). The van der Waals surface area contributed by atoms with Gasteiger partial charge in [-0.15, -0.1) is 0 Å². The summed E-state index contributed by atoms with van der Waals surface area (Å²) in [6.07, 6.45) is 8.36. The highest BCUT2D eigenvalue weighted by Gasteiger charge is 2.43. The molecule has 0 saturated heterocycles. The summed E-state index contributed by atoms with van der Waals surface area (Å²) in [7, 11) is 0. The van der Waals surface area contributed by atoms with Crippen LogP contribution in [-0.4, -0.2) is 19.1 Å². The molecule has 0 heterocycles. The molecule has 102 valence electrons. The third kappa shape index (κ3) is 3.22. The number of carbonyl (C=O) groups excluding carboxylic acids is 1. The lowest BCUT2D eigenvalue weighted by Gasteiger charge is -2.38. The van der Waals surface area contributed by atoms with Gasteiger partial charge in [-0.3, -0.25) is 4.79 Å². The molecule has 0 aromatic rings. The Morgan fingerprint density at radius 3 is 2.50 bits per heavy atom. The van der Waals surface area contributed by atoms with Gasteiger partial charge < -0.3 is 10.5 Å². The van der Waals surface area contributed by atoms with Gasteiger partial charge in [-0.05, 0) is 44.2 Å². The number of ether oxygens (including phenoxy) is 1. The lowest BCUT2D eigenvalue weighted by Crippen LogP contribution is -2.45. The largest absolute Gasteiger partial charge is 0.460 e. The Morgan fingerprint density at radius 2 is 2.00 bits per heavy atom. The molecule has 0 atom stereocenters. The van der Waals surface area contributed by atoms with Gasteiger partial charge in [0.2, 0.25) is 0 Å². The van der Waals surface area contributed by atoms with Gasteiger partial charge in [0.25, 0.3) is 0 Å². The van der Waals surface area contributed by atoms with E-state index in [9.17, 15) is 4.79 Å². The van der Waals surface area contributed by atoms with Crippen LogP contribution in [0.15, 0.2) is 23.8 Å². The number of hydrogen-bond donors (Lipinski definition) is 1. The summed E-state index contributed by atoms with van der Waals surface area (Å²) in [4.78, 5) is 12.2. The van der Waals surface area contributed by atoms with E-state index in [-0.39, 0.29) is 11.4 Å². The summed E-state index contributed by atoms with van der Waals surface area (Å²) in [5, 5.41) is 0. The fourth-order valence-corrected chi connectivity index (χ4v) is 1.64. The molecular weight excluding hydrogens is 226 g/mol. The van der Waals surface area contributed by atoms with E-state index in [0.717, 1.165) is 18.4 Å². The van der Waals surface area contributed by atoms with E-state index in [0.29, 0.717) is 13.2 Å². The van der Waals surface area contributed by atoms with Crippen LogP contribution in [0.3, 0.4) is 0 Å². The lowest BCUT2D eigenvalue weighted by molar-refractivity contribution is -0.159. The minimum atomic E-state index is -0.583. The van der Waals surface area contributed by atoms with E-state index in [1.165, 1.54) is 0 Å².